The number of ether oxygens (including phenoxy) is 2. The Hall–Kier alpha value is -2.82. The molecule has 0 unspecified atom stereocenters. The standard InChI is InChI=1S/C16H13NO4/c1-20-9-3-5-11-12-6-4-10(21-2)8-14(12)16(19)17-15(18)13(11)7-9/h3-8H,1-2H3,(H,17,18,19). The van der Waals surface area contributed by atoms with Crippen molar-refractivity contribution in [1.82, 2.24) is 4.98 Å². The van der Waals surface area contributed by atoms with Gasteiger partial charge in [0.25, 0.3) is 11.1 Å². The highest BCUT2D eigenvalue weighted by Crippen LogP contribution is 2.25. The van der Waals surface area contributed by atoms with Gasteiger partial charge in [-0.1, -0.05) is 0 Å². The summed E-state index contributed by atoms with van der Waals surface area (Å²) in [5, 5.41) is 2.20. The lowest BCUT2D eigenvalue weighted by molar-refractivity contribution is 0.415. The number of hydrogen-bond donors (Lipinski definition) is 1. The first-order valence-corrected chi connectivity index (χ1v) is 6.36. The highest BCUT2D eigenvalue weighted by Gasteiger charge is 2.08. The zero-order chi connectivity index (χ0) is 15.0. The summed E-state index contributed by atoms with van der Waals surface area (Å²) in [5.74, 6) is 1.13. The molecule has 106 valence electrons. The Bertz CT molecular complexity index is 882. The van der Waals surface area contributed by atoms with Crippen LogP contribution < -0.4 is 20.6 Å². The third-order valence-electron chi connectivity index (χ3n) is 3.46. The van der Waals surface area contributed by atoms with Crippen LogP contribution in [0, 0.1) is 0 Å². The second-order valence-corrected chi connectivity index (χ2v) is 4.61. The largest absolute Gasteiger partial charge is 0.497 e. The van der Waals surface area contributed by atoms with Crippen LogP contribution in [0.5, 0.6) is 11.5 Å². The minimum absolute atomic E-state index is 0.409. The quantitative estimate of drug-likeness (QED) is 0.781. The van der Waals surface area contributed by atoms with E-state index in [9.17, 15) is 9.59 Å². The van der Waals surface area contributed by atoms with E-state index in [2.05, 4.69) is 4.98 Å². The predicted octanol–water partition coefficient (Wildman–Crippen LogP) is 2.06. The van der Waals surface area contributed by atoms with Crippen molar-refractivity contribution in [2.75, 3.05) is 14.2 Å². The van der Waals surface area contributed by atoms with Gasteiger partial charge in [-0.15, -0.1) is 0 Å². The van der Waals surface area contributed by atoms with E-state index >= 15 is 0 Å². The Morgan fingerprint density at radius 2 is 1.14 bits per heavy atom. The first-order valence-electron chi connectivity index (χ1n) is 6.36. The molecule has 0 radical (unpaired) electrons. The van der Waals surface area contributed by atoms with Gasteiger partial charge in [0.1, 0.15) is 11.5 Å². The number of rotatable bonds is 2. The van der Waals surface area contributed by atoms with Gasteiger partial charge in [-0.25, -0.2) is 0 Å². The maximum absolute atomic E-state index is 12.2. The van der Waals surface area contributed by atoms with Crippen LogP contribution in [0.3, 0.4) is 0 Å². The fourth-order valence-electron chi connectivity index (χ4n) is 2.38. The molecule has 5 nitrogen and oxygen atoms in total. The fourth-order valence-corrected chi connectivity index (χ4v) is 2.38. The number of benzene rings is 2. The van der Waals surface area contributed by atoms with Crippen molar-refractivity contribution in [3.05, 3.63) is 57.1 Å². The number of nitrogens with one attached hydrogen (secondary N) is 1. The Kier molecular flexibility index (Phi) is 3.10. The molecule has 0 atom stereocenters. The number of aromatic amines is 1. The molecule has 21 heavy (non-hydrogen) atoms. The van der Waals surface area contributed by atoms with Crippen molar-refractivity contribution in [2.45, 2.75) is 0 Å². The van der Waals surface area contributed by atoms with Gasteiger partial charge in [-0.05, 0) is 47.2 Å². The molecule has 0 spiro atoms. The van der Waals surface area contributed by atoms with E-state index in [1.807, 2.05) is 0 Å². The van der Waals surface area contributed by atoms with Crippen molar-refractivity contribution in [1.29, 1.82) is 0 Å². The minimum Gasteiger partial charge on any atom is -0.497 e. The smallest absolute Gasteiger partial charge is 0.258 e. The summed E-state index contributed by atoms with van der Waals surface area (Å²) < 4.78 is 10.3. The maximum atomic E-state index is 12.2. The van der Waals surface area contributed by atoms with E-state index < -0.39 is 11.1 Å². The third-order valence-corrected chi connectivity index (χ3v) is 3.46. The molecule has 0 saturated heterocycles. The van der Waals surface area contributed by atoms with Crippen LogP contribution in [0.2, 0.25) is 0 Å². The highest BCUT2D eigenvalue weighted by atomic mass is 16.5. The summed E-state index contributed by atoms with van der Waals surface area (Å²) in [4.78, 5) is 26.7. The molecule has 1 heterocycles. The van der Waals surface area contributed by atoms with Crippen molar-refractivity contribution in [2.24, 2.45) is 0 Å². The summed E-state index contributed by atoms with van der Waals surface area (Å²) in [6, 6.07) is 10.3. The molecule has 2 aromatic carbocycles. The molecule has 0 amide bonds. The Morgan fingerprint density at radius 3 is 1.52 bits per heavy atom. The molecule has 1 aromatic heterocycles. The summed E-state index contributed by atoms with van der Waals surface area (Å²) in [6.45, 7) is 0. The summed E-state index contributed by atoms with van der Waals surface area (Å²) >= 11 is 0. The van der Waals surface area contributed by atoms with Gasteiger partial charge < -0.3 is 9.47 Å². The Balaban J connectivity index is 2.59. The van der Waals surface area contributed by atoms with E-state index in [4.69, 9.17) is 9.47 Å². The zero-order valence-corrected chi connectivity index (χ0v) is 11.6. The normalized spacial score (nSPS) is 10.8. The molecule has 3 rings (SSSR count). The molecule has 0 fully saturated rings. The van der Waals surface area contributed by atoms with Crippen molar-refractivity contribution >= 4 is 21.5 Å². The molecule has 0 bridgehead atoms. The Labute approximate surface area is 119 Å². The minimum atomic E-state index is -0.441. The van der Waals surface area contributed by atoms with Crippen LogP contribution in [0.25, 0.3) is 21.5 Å². The lowest BCUT2D eigenvalue weighted by atomic mass is 10.1. The van der Waals surface area contributed by atoms with E-state index in [1.54, 1.807) is 36.4 Å². The van der Waals surface area contributed by atoms with Gasteiger partial charge in [0.2, 0.25) is 0 Å². The van der Waals surface area contributed by atoms with Gasteiger partial charge in [0.05, 0.1) is 25.0 Å². The zero-order valence-electron chi connectivity index (χ0n) is 11.6. The SMILES string of the molecule is COc1ccc2c(c1)c(=O)[nH]c(=O)c1cc(OC)ccc12. The number of aromatic nitrogens is 1. The van der Waals surface area contributed by atoms with Gasteiger partial charge >= 0.3 is 0 Å². The van der Waals surface area contributed by atoms with Crippen LogP contribution in [0.4, 0.5) is 0 Å². The van der Waals surface area contributed by atoms with Crippen LogP contribution >= 0.6 is 0 Å². The monoisotopic (exact) mass is 283 g/mol. The molecule has 3 aromatic rings. The molecule has 0 aliphatic heterocycles. The first-order chi connectivity index (χ1) is 10.1. The van der Waals surface area contributed by atoms with Gasteiger partial charge in [-0.3, -0.25) is 14.6 Å². The third kappa shape index (κ3) is 2.12. The number of hydrogen-bond acceptors (Lipinski definition) is 4. The second-order valence-electron chi connectivity index (χ2n) is 4.61. The van der Waals surface area contributed by atoms with Gasteiger partial charge in [0.15, 0.2) is 0 Å². The van der Waals surface area contributed by atoms with Crippen molar-refractivity contribution in [3.8, 4) is 11.5 Å². The summed E-state index contributed by atoms with van der Waals surface area (Å²) in [7, 11) is 3.06. The van der Waals surface area contributed by atoms with Crippen molar-refractivity contribution in [3.63, 3.8) is 0 Å². The molecule has 1 N–H and O–H groups in total. The Morgan fingerprint density at radius 1 is 0.714 bits per heavy atom. The molecule has 0 saturated carbocycles. The maximum Gasteiger partial charge on any atom is 0.258 e. The predicted molar refractivity (Wildman–Crippen MR) is 81.4 cm³/mol. The lowest BCUT2D eigenvalue weighted by Crippen LogP contribution is -2.13. The first kappa shape index (κ1) is 13.2. The van der Waals surface area contributed by atoms with Crippen molar-refractivity contribution < 1.29 is 9.47 Å². The highest BCUT2D eigenvalue weighted by molar-refractivity contribution is 6.05. The molecular formula is C16H13NO4. The van der Waals surface area contributed by atoms with Crippen LogP contribution in [0.1, 0.15) is 0 Å². The second kappa shape index (κ2) is 4.94. The average Bonchev–Trinajstić information content (AvgIpc) is 2.62. The van der Waals surface area contributed by atoms with Crippen LogP contribution in [-0.2, 0) is 0 Å². The lowest BCUT2D eigenvalue weighted by Gasteiger charge is -2.02. The average molecular weight is 283 g/mol. The van der Waals surface area contributed by atoms with Gasteiger partial charge in [-0.2, -0.15) is 0 Å². The van der Waals surface area contributed by atoms with Crippen LogP contribution in [0.15, 0.2) is 46.0 Å². The topological polar surface area (TPSA) is 68.4 Å². The van der Waals surface area contributed by atoms with E-state index in [0.29, 0.717) is 33.0 Å². The molecule has 0 aliphatic rings. The summed E-state index contributed by atoms with van der Waals surface area (Å²) in [6.07, 6.45) is 0. The number of fused-ring (bicyclic) bond motifs is 3. The number of methoxy groups -OCH3 is 2. The van der Waals surface area contributed by atoms with E-state index in [1.165, 1.54) is 14.2 Å². The molecular weight excluding hydrogens is 270 g/mol. The van der Waals surface area contributed by atoms with Crippen LogP contribution in [-0.4, -0.2) is 19.2 Å². The molecule has 0 aliphatic carbocycles. The molecule has 5 heteroatoms. The fraction of sp³-hybridized carbons (Fsp3) is 0.125. The van der Waals surface area contributed by atoms with E-state index in [0.717, 1.165) is 0 Å². The summed E-state index contributed by atoms with van der Waals surface area (Å²) in [5.41, 5.74) is -0.881. The number of H-pyrrole nitrogens is 1. The van der Waals surface area contributed by atoms with E-state index in [-0.39, 0.29) is 0 Å². The van der Waals surface area contributed by atoms with Gasteiger partial charge in [0, 0.05) is 0 Å².